The minimum absolute atomic E-state index is 0.493. The molecule has 1 nitrogen and oxygen atoms in total. The van der Waals surface area contributed by atoms with Crippen molar-refractivity contribution in [2.45, 2.75) is 64.2 Å². The SMILES string of the molecule is N#CC1=CC(C2CCCCC2)=P(Cl)(Cl)C(C2CCCCC2)=C1. The van der Waals surface area contributed by atoms with E-state index >= 15 is 0 Å². The van der Waals surface area contributed by atoms with Gasteiger partial charge < -0.3 is 0 Å². The van der Waals surface area contributed by atoms with E-state index in [0.29, 0.717) is 11.8 Å². The zero-order chi connectivity index (χ0) is 15.6. The number of nitriles is 1. The van der Waals surface area contributed by atoms with E-state index in [1.54, 1.807) is 0 Å². The fourth-order valence-electron chi connectivity index (χ4n) is 4.23. The van der Waals surface area contributed by atoms with Gasteiger partial charge in [0.1, 0.15) is 0 Å². The van der Waals surface area contributed by atoms with Crippen molar-refractivity contribution < 1.29 is 0 Å². The molecular formula is C18H24Cl2NP. The Hall–Kier alpha value is -0.150. The highest BCUT2D eigenvalue weighted by molar-refractivity contribution is 8.19. The average molecular weight is 356 g/mol. The minimum atomic E-state index is -2.25. The van der Waals surface area contributed by atoms with Gasteiger partial charge in [-0.25, -0.2) is 0 Å². The molecule has 1 aliphatic heterocycles. The monoisotopic (exact) mass is 355 g/mol. The van der Waals surface area contributed by atoms with Crippen LogP contribution in [0.25, 0.3) is 0 Å². The van der Waals surface area contributed by atoms with E-state index < -0.39 is 5.59 Å². The molecule has 1 heterocycles. The fourth-order valence-corrected chi connectivity index (χ4v) is 8.80. The third-order valence-electron chi connectivity index (χ3n) is 5.43. The second kappa shape index (κ2) is 7.17. The number of nitrogens with zero attached hydrogens (tertiary/aromatic N) is 1. The standard InChI is InChI=1S/C18H24Cl2NP/c19-22(20)17(15-7-3-1-4-8-15)11-14(13-21)12-18(22)16-9-5-2-6-10-16/h11-12,15-16H,1-10H2. The van der Waals surface area contributed by atoms with Gasteiger partial charge in [-0.1, -0.05) is 61.0 Å². The Morgan fingerprint density at radius 2 is 1.41 bits per heavy atom. The summed E-state index contributed by atoms with van der Waals surface area (Å²) in [5, 5.41) is 11.9. The topological polar surface area (TPSA) is 23.8 Å². The van der Waals surface area contributed by atoms with Crippen LogP contribution in [0.1, 0.15) is 64.2 Å². The Kier molecular flexibility index (Phi) is 5.44. The van der Waals surface area contributed by atoms with Gasteiger partial charge in [-0.2, -0.15) is 5.26 Å². The Morgan fingerprint density at radius 1 is 0.864 bits per heavy atom. The highest BCUT2D eigenvalue weighted by Crippen LogP contribution is 2.72. The maximum Gasteiger partial charge on any atom is 0.0991 e. The Labute approximate surface area is 143 Å². The lowest BCUT2D eigenvalue weighted by Crippen LogP contribution is -2.20. The van der Waals surface area contributed by atoms with E-state index in [1.807, 2.05) is 12.2 Å². The van der Waals surface area contributed by atoms with Crippen LogP contribution >= 0.6 is 28.1 Å². The van der Waals surface area contributed by atoms with E-state index in [1.165, 1.54) is 74.8 Å². The smallest absolute Gasteiger partial charge is 0.0991 e. The van der Waals surface area contributed by atoms with E-state index in [2.05, 4.69) is 6.07 Å². The molecule has 0 aromatic rings. The summed E-state index contributed by atoms with van der Waals surface area (Å²) in [6.45, 7) is 0. The summed E-state index contributed by atoms with van der Waals surface area (Å²) in [5.74, 6) is 0.987. The van der Waals surface area contributed by atoms with Gasteiger partial charge in [0, 0.05) is 0 Å². The molecule has 0 bridgehead atoms. The van der Waals surface area contributed by atoms with Crippen molar-refractivity contribution in [1.29, 1.82) is 5.26 Å². The van der Waals surface area contributed by atoms with Crippen LogP contribution in [0.3, 0.4) is 0 Å². The molecular weight excluding hydrogens is 332 g/mol. The normalized spacial score (nSPS) is 27.0. The Balaban J connectivity index is 2.01. The fraction of sp³-hybridized carbons (Fsp3) is 0.667. The maximum atomic E-state index is 9.44. The highest BCUT2D eigenvalue weighted by Gasteiger charge is 2.35. The predicted molar refractivity (Wildman–Crippen MR) is 98.6 cm³/mol. The van der Waals surface area contributed by atoms with Crippen LogP contribution in [-0.4, -0.2) is 5.29 Å². The molecule has 3 aliphatic rings. The minimum Gasteiger partial charge on any atom is -0.192 e. The molecule has 2 aliphatic carbocycles. The van der Waals surface area contributed by atoms with Crippen LogP contribution in [0.5, 0.6) is 0 Å². The summed E-state index contributed by atoms with van der Waals surface area (Å²) in [7, 11) is 0. The van der Waals surface area contributed by atoms with Crippen LogP contribution in [-0.2, 0) is 0 Å². The number of halogens is 2. The molecule has 3 rings (SSSR count). The van der Waals surface area contributed by atoms with Crippen LogP contribution in [0.2, 0.25) is 0 Å². The van der Waals surface area contributed by atoms with Gasteiger partial charge in [0.25, 0.3) is 0 Å². The van der Waals surface area contributed by atoms with E-state index in [4.69, 9.17) is 22.5 Å². The van der Waals surface area contributed by atoms with Crippen LogP contribution in [0, 0.1) is 23.2 Å². The summed E-state index contributed by atoms with van der Waals surface area (Å²) in [4.78, 5) is 0. The molecule has 22 heavy (non-hydrogen) atoms. The summed E-state index contributed by atoms with van der Waals surface area (Å²) in [6.07, 6.45) is 16.5. The molecule has 0 radical (unpaired) electrons. The quantitative estimate of drug-likeness (QED) is 0.489. The first-order chi connectivity index (χ1) is 10.6. The Bertz CT molecular complexity index is 579. The van der Waals surface area contributed by atoms with Gasteiger partial charge in [-0.15, -0.1) is 0 Å². The molecule has 0 aromatic carbocycles. The number of hydrogen-bond donors (Lipinski definition) is 0. The van der Waals surface area contributed by atoms with Crippen molar-refractivity contribution in [2.75, 3.05) is 0 Å². The second-order valence-corrected chi connectivity index (χ2v) is 12.5. The van der Waals surface area contributed by atoms with Gasteiger partial charge in [0.2, 0.25) is 0 Å². The lowest BCUT2D eigenvalue weighted by atomic mass is 9.85. The van der Waals surface area contributed by atoms with Gasteiger partial charge in [-0.05, 0) is 60.3 Å². The van der Waals surface area contributed by atoms with Crippen molar-refractivity contribution >= 4 is 33.4 Å². The van der Waals surface area contributed by atoms with Crippen molar-refractivity contribution in [1.82, 2.24) is 0 Å². The number of allylic oxidation sites excluding steroid dienone is 4. The van der Waals surface area contributed by atoms with Gasteiger partial charge in [-0.3, -0.25) is 0 Å². The first-order valence-electron chi connectivity index (χ1n) is 8.62. The van der Waals surface area contributed by atoms with E-state index in [-0.39, 0.29) is 0 Å². The molecule has 0 spiro atoms. The summed E-state index contributed by atoms with van der Waals surface area (Å²) in [6, 6.07) is 2.34. The maximum absolute atomic E-state index is 9.44. The molecule has 120 valence electrons. The molecule has 0 saturated heterocycles. The first kappa shape index (κ1) is 16.7. The lowest BCUT2D eigenvalue weighted by Gasteiger charge is -2.35. The summed E-state index contributed by atoms with van der Waals surface area (Å²) in [5.41, 5.74) is -1.49. The summed E-state index contributed by atoms with van der Waals surface area (Å²) < 4.78 is 0. The average Bonchev–Trinajstić information content (AvgIpc) is 2.56. The van der Waals surface area contributed by atoms with E-state index in [0.717, 1.165) is 5.57 Å². The highest BCUT2D eigenvalue weighted by atomic mass is 35.9. The largest absolute Gasteiger partial charge is 0.192 e. The van der Waals surface area contributed by atoms with Crippen LogP contribution in [0.15, 0.2) is 23.0 Å². The molecule has 0 N–H and O–H groups in total. The molecule has 2 saturated carbocycles. The third kappa shape index (κ3) is 3.36. The molecule has 2 fully saturated rings. The molecule has 0 unspecified atom stereocenters. The van der Waals surface area contributed by atoms with Crippen LogP contribution < -0.4 is 0 Å². The van der Waals surface area contributed by atoms with E-state index in [9.17, 15) is 5.26 Å². The van der Waals surface area contributed by atoms with Gasteiger partial charge in [0.15, 0.2) is 0 Å². The Morgan fingerprint density at radius 3 is 1.95 bits per heavy atom. The van der Waals surface area contributed by atoms with Crippen molar-refractivity contribution in [3.05, 3.63) is 23.0 Å². The van der Waals surface area contributed by atoms with Crippen LogP contribution in [0.4, 0.5) is 0 Å². The third-order valence-corrected chi connectivity index (χ3v) is 10.1. The van der Waals surface area contributed by atoms with Crippen molar-refractivity contribution in [3.63, 3.8) is 0 Å². The first-order valence-corrected chi connectivity index (χ1v) is 12.2. The molecule has 0 amide bonds. The van der Waals surface area contributed by atoms with Crippen molar-refractivity contribution in [3.8, 4) is 6.07 Å². The van der Waals surface area contributed by atoms with Gasteiger partial charge in [0.05, 0.1) is 17.2 Å². The van der Waals surface area contributed by atoms with Gasteiger partial charge >= 0.3 is 0 Å². The zero-order valence-electron chi connectivity index (χ0n) is 13.0. The molecule has 4 heteroatoms. The lowest BCUT2D eigenvalue weighted by molar-refractivity contribution is 0.414. The predicted octanol–water partition coefficient (Wildman–Crippen LogP) is 6.99. The van der Waals surface area contributed by atoms with Crippen molar-refractivity contribution in [2.24, 2.45) is 11.8 Å². The number of rotatable bonds is 2. The summed E-state index contributed by atoms with van der Waals surface area (Å²) >= 11 is 14.0. The zero-order valence-corrected chi connectivity index (χ0v) is 15.4. The molecule has 0 atom stereocenters. The number of hydrogen-bond acceptors (Lipinski definition) is 1. The second-order valence-electron chi connectivity index (χ2n) is 6.89. The molecule has 0 aromatic heterocycles.